The van der Waals surface area contributed by atoms with Crippen LogP contribution in [0.5, 0.6) is 0 Å². The minimum absolute atomic E-state index is 0.118. The highest BCUT2D eigenvalue weighted by atomic mass is 35.5. The van der Waals surface area contributed by atoms with Gasteiger partial charge in [-0.05, 0) is 6.92 Å². The van der Waals surface area contributed by atoms with Crippen LogP contribution in [0, 0.1) is 12.8 Å². The van der Waals surface area contributed by atoms with E-state index in [0.717, 1.165) is 0 Å². The Morgan fingerprint density at radius 3 is 2.64 bits per heavy atom. The van der Waals surface area contributed by atoms with Crippen molar-refractivity contribution >= 4 is 23.2 Å². The summed E-state index contributed by atoms with van der Waals surface area (Å²) in [5.41, 5.74) is 0.595. The molecular weight excluding hydrogens is 202 g/mol. The number of carbonyl (C=O) groups is 1. The molecule has 0 radical (unpaired) electrons. The van der Waals surface area contributed by atoms with Crippen molar-refractivity contribution in [1.82, 2.24) is 9.97 Å². The lowest BCUT2D eigenvalue weighted by Crippen LogP contribution is -2.21. The van der Waals surface area contributed by atoms with Gasteiger partial charge in [0.1, 0.15) is 5.82 Å². The van der Waals surface area contributed by atoms with Crippen molar-refractivity contribution in [2.24, 2.45) is 5.92 Å². The normalized spacial score (nSPS) is 12.2. The fourth-order valence-corrected chi connectivity index (χ4v) is 0.933. The average Bonchev–Trinajstić information content (AvgIpc) is 2.20. The Bertz CT molecular complexity index is 312. The molecule has 4 nitrogen and oxygen atoms in total. The molecule has 1 N–H and O–H groups in total. The van der Waals surface area contributed by atoms with Crippen LogP contribution in [0.2, 0.25) is 0 Å². The molecule has 0 saturated carbocycles. The largest absolute Gasteiger partial charge is 0.323 e. The van der Waals surface area contributed by atoms with Gasteiger partial charge in [0.25, 0.3) is 0 Å². The Labute approximate surface area is 87.7 Å². The topological polar surface area (TPSA) is 54.9 Å². The summed E-state index contributed by atoms with van der Waals surface area (Å²) >= 11 is 5.55. The van der Waals surface area contributed by atoms with Gasteiger partial charge in [0.05, 0.1) is 18.1 Å². The number of hydrogen-bond acceptors (Lipinski definition) is 3. The second kappa shape index (κ2) is 4.91. The third-order valence-corrected chi connectivity index (χ3v) is 2.19. The smallest absolute Gasteiger partial charge is 0.228 e. The first-order valence-corrected chi connectivity index (χ1v) is 4.82. The van der Waals surface area contributed by atoms with Crippen LogP contribution in [0.3, 0.4) is 0 Å². The summed E-state index contributed by atoms with van der Waals surface area (Å²) in [6.07, 6.45) is 3.14. The van der Waals surface area contributed by atoms with Gasteiger partial charge in [-0.15, -0.1) is 11.6 Å². The standard InChI is InChI=1S/C9H12ClN3O/c1-6(3-10)9(14)13-8-4-11-7(2)12-5-8/h4-6H,3H2,1-2H3,(H,13,14). The van der Waals surface area contributed by atoms with Gasteiger partial charge in [-0.1, -0.05) is 6.92 Å². The van der Waals surface area contributed by atoms with E-state index in [0.29, 0.717) is 17.4 Å². The summed E-state index contributed by atoms with van der Waals surface area (Å²) in [5, 5.41) is 2.67. The predicted octanol–water partition coefficient (Wildman–Crippen LogP) is 1.60. The molecule has 0 saturated heterocycles. The predicted molar refractivity (Wildman–Crippen MR) is 55.3 cm³/mol. The van der Waals surface area contributed by atoms with Crippen LogP contribution in [0.4, 0.5) is 5.69 Å². The summed E-state index contributed by atoms with van der Waals surface area (Å²) in [6.45, 7) is 3.55. The lowest BCUT2D eigenvalue weighted by atomic mass is 10.2. The van der Waals surface area contributed by atoms with Gasteiger partial charge in [0.15, 0.2) is 0 Å². The van der Waals surface area contributed by atoms with Crippen LogP contribution in [0.25, 0.3) is 0 Å². The number of nitrogens with zero attached hydrogens (tertiary/aromatic N) is 2. The quantitative estimate of drug-likeness (QED) is 0.776. The maximum Gasteiger partial charge on any atom is 0.228 e. The fourth-order valence-electron chi connectivity index (χ4n) is 0.793. The van der Waals surface area contributed by atoms with Crippen molar-refractivity contribution < 1.29 is 4.79 Å². The molecule has 0 aliphatic carbocycles. The van der Waals surface area contributed by atoms with Gasteiger partial charge in [-0.3, -0.25) is 4.79 Å². The second-order valence-corrected chi connectivity index (χ2v) is 3.37. The van der Waals surface area contributed by atoms with E-state index < -0.39 is 0 Å². The zero-order valence-corrected chi connectivity index (χ0v) is 8.88. The molecule has 1 rings (SSSR count). The number of amides is 1. The third kappa shape index (κ3) is 2.96. The van der Waals surface area contributed by atoms with Gasteiger partial charge in [0.2, 0.25) is 5.91 Å². The Morgan fingerprint density at radius 2 is 2.14 bits per heavy atom. The van der Waals surface area contributed by atoms with Crippen molar-refractivity contribution in [1.29, 1.82) is 0 Å². The number of anilines is 1. The Hall–Kier alpha value is -1.16. The number of aromatic nitrogens is 2. The molecule has 0 fully saturated rings. The molecule has 0 aromatic carbocycles. The van der Waals surface area contributed by atoms with Crippen LogP contribution in [-0.2, 0) is 4.79 Å². The monoisotopic (exact) mass is 213 g/mol. The number of halogens is 1. The van der Waals surface area contributed by atoms with Crippen LogP contribution >= 0.6 is 11.6 Å². The van der Waals surface area contributed by atoms with Crippen LogP contribution < -0.4 is 5.32 Å². The van der Waals surface area contributed by atoms with Crippen molar-refractivity contribution in [3.05, 3.63) is 18.2 Å². The molecule has 1 aromatic rings. The van der Waals surface area contributed by atoms with Crippen molar-refractivity contribution in [2.75, 3.05) is 11.2 Å². The van der Waals surface area contributed by atoms with E-state index in [1.54, 1.807) is 26.2 Å². The van der Waals surface area contributed by atoms with Gasteiger partial charge in [0, 0.05) is 11.8 Å². The molecule has 0 aliphatic heterocycles. The molecule has 1 aromatic heterocycles. The number of alkyl halides is 1. The summed E-state index contributed by atoms with van der Waals surface area (Å²) in [6, 6.07) is 0. The molecule has 0 aliphatic rings. The van der Waals surface area contributed by atoms with Gasteiger partial charge in [-0.2, -0.15) is 0 Å². The number of rotatable bonds is 3. The third-order valence-electron chi connectivity index (χ3n) is 1.73. The van der Waals surface area contributed by atoms with E-state index in [-0.39, 0.29) is 11.8 Å². The van der Waals surface area contributed by atoms with E-state index in [2.05, 4.69) is 15.3 Å². The zero-order chi connectivity index (χ0) is 10.6. The average molecular weight is 214 g/mol. The summed E-state index contributed by atoms with van der Waals surface area (Å²) in [5.74, 6) is 0.650. The summed E-state index contributed by atoms with van der Waals surface area (Å²) in [4.78, 5) is 19.3. The Kier molecular flexibility index (Phi) is 3.83. The van der Waals surface area contributed by atoms with Crippen LogP contribution in [0.1, 0.15) is 12.7 Å². The van der Waals surface area contributed by atoms with Crippen molar-refractivity contribution in [2.45, 2.75) is 13.8 Å². The lowest BCUT2D eigenvalue weighted by molar-refractivity contribution is -0.118. The van der Waals surface area contributed by atoms with Crippen LogP contribution in [0.15, 0.2) is 12.4 Å². The highest BCUT2D eigenvalue weighted by Crippen LogP contribution is 2.06. The molecule has 0 bridgehead atoms. The fraction of sp³-hybridized carbons (Fsp3) is 0.444. The van der Waals surface area contributed by atoms with Gasteiger partial charge >= 0.3 is 0 Å². The molecule has 76 valence electrons. The molecule has 1 unspecified atom stereocenters. The second-order valence-electron chi connectivity index (χ2n) is 3.06. The number of hydrogen-bond donors (Lipinski definition) is 1. The number of carbonyl (C=O) groups excluding carboxylic acids is 1. The summed E-state index contributed by atoms with van der Waals surface area (Å²) in [7, 11) is 0. The first-order chi connectivity index (χ1) is 6.63. The highest BCUT2D eigenvalue weighted by Gasteiger charge is 2.11. The molecule has 5 heteroatoms. The zero-order valence-electron chi connectivity index (χ0n) is 8.12. The lowest BCUT2D eigenvalue weighted by Gasteiger charge is -2.08. The number of nitrogens with one attached hydrogen (secondary N) is 1. The van der Waals surface area contributed by atoms with Crippen LogP contribution in [-0.4, -0.2) is 21.8 Å². The van der Waals surface area contributed by atoms with Crippen molar-refractivity contribution in [3.8, 4) is 0 Å². The van der Waals surface area contributed by atoms with E-state index in [1.807, 2.05) is 0 Å². The van der Waals surface area contributed by atoms with Crippen molar-refractivity contribution in [3.63, 3.8) is 0 Å². The SMILES string of the molecule is Cc1ncc(NC(=O)C(C)CCl)cn1. The highest BCUT2D eigenvalue weighted by molar-refractivity contribution is 6.19. The first-order valence-electron chi connectivity index (χ1n) is 4.29. The molecule has 1 amide bonds. The Morgan fingerprint density at radius 1 is 1.57 bits per heavy atom. The van der Waals surface area contributed by atoms with E-state index in [9.17, 15) is 4.79 Å². The minimum atomic E-state index is -0.210. The maximum atomic E-state index is 11.4. The van der Waals surface area contributed by atoms with E-state index in [1.165, 1.54) is 0 Å². The molecule has 0 spiro atoms. The number of aryl methyl sites for hydroxylation is 1. The van der Waals surface area contributed by atoms with Gasteiger partial charge < -0.3 is 5.32 Å². The molecule has 14 heavy (non-hydrogen) atoms. The Balaban J connectivity index is 2.60. The summed E-state index contributed by atoms with van der Waals surface area (Å²) < 4.78 is 0. The molecule has 1 heterocycles. The molecular formula is C9H12ClN3O. The van der Waals surface area contributed by atoms with Gasteiger partial charge in [-0.25, -0.2) is 9.97 Å². The molecule has 1 atom stereocenters. The van der Waals surface area contributed by atoms with E-state index >= 15 is 0 Å². The maximum absolute atomic E-state index is 11.4. The first kappa shape index (κ1) is 10.9. The van der Waals surface area contributed by atoms with E-state index in [4.69, 9.17) is 11.6 Å². The minimum Gasteiger partial charge on any atom is -0.323 e.